The van der Waals surface area contributed by atoms with Crippen molar-refractivity contribution in [3.63, 3.8) is 0 Å². The summed E-state index contributed by atoms with van der Waals surface area (Å²) in [4.78, 5) is 31.4. The Morgan fingerprint density at radius 3 is 2.64 bits per heavy atom. The van der Waals surface area contributed by atoms with E-state index in [1.165, 1.54) is 28.0 Å². The fourth-order valence-electron chi connectivity index (χ4n) is 3.67. The second kappa shape index (κ2) is 9.44. The molecule has 0 amide bonds. The number of halogens is 2. The van der Waals surface area contributed by atoms with E-state index in [1.54, 1.807) is 45.2 Å². The van der Waals surface area contributed by atoms with Crippen molar-refractivity contribution in [1.82, 2.24) is 4.57 Å². The summed E-state index contributed by atoms with van der Waals surface area (Å²) in [6.45, 7) is 3.66. The Bertz CT molecular complexity index is 1440. The highest BCUT2D eigenvalue weighted by Crippen LogP contribution is 2.34. The average Bonchev–Trinajstić information content (AvgIpc) is 3.09. The molecule has 0 bridgehead atoms. The number of ether oxygens (including phenoxy) is 2. The van der Waals surface area contributed by atoms with Gasteiger partial charge in [0, 0.05) is 0 Å². The SMILES string of the molecule is CCOC(=O)C1=C(C)N=c2sc(=Cc3ccc(F)cc3)c(=O)n2C1c1ccc(OC)c(Br)c1. The van der Waals surface area contributed by atoms with Crippen molar-refractivity contribution in [3.05, 3.63) is 94.8 Å². The van der Waals surface area contributed by atoms with E-state index in [1.807, 2.05) is 12.1 Å². The highest BCUT2D eigenvalue weighted by atomic mass is 79.9. The zero-order valence-electron chi connectivity index (χ0n) is 18.1. The number of rotatable bonds is 5. The number of carbonyl (C=O) groups is 1. The molecule has 9 heteroatoms. The van der Waals surface area contributed by atoms with E-state index in [-0.39, 0.29) is 18.0 Å². The third-order valence-electron chi connectivity index (χ3n) is 5.18. The lowest BCUT2D eigenvalue weighted by molar-refractivity contribution is -0.139. The van der Waals surface area contributed by atoms with E-state index < -0.39 is 12.0 Å². The van der Waals surface area contributed by atoms with Gasteiger partial charge in [0.25, 0.3) is 5.56 Å². The van der Waals surface area contributed by atoms with Crippen LogP contribution in [0.2, 0.25) is 0 Å². The lowest BCUT2D eigenvalue weighted by atomic mass is 9.96. The number of nitrogens with zero attached hydrogens (tertiary/aromatic N) is 2. The van der Waals surface area contributed by atoms with Gasteiger partial charge in [-0.05, 0) is 71.2 Å². The molecule has 0 radical (unpaired) electrons. The van der Waals surface area contributed by atoms with Gasteiger partial charge in [-0.25, -0.2) is 14.2 Å². The number of allylic oxidation sites excluding steroid dienone is 1. The Morgan fingerprint density at radius 1 is 1.27 bits per heavy atom. The molecule has 2 aromatic carbocycles. The largest absolute Gasteiger partial charge is 0.496 e. The van der Waals surface area contributed by atoms with Crippen LogP contribution < -0.4 is 19.6 Å². The summed E-state index contributed by atoms with van der Waals surface area (Å²) in [5, 5.41) is 0. The number of benzene rings is 2. The van der Waals surface area contributed by atoms with Gasteiger partial charge in [0.15, 0.2) is 4.80 Å². The van der Waals surface area contributed by atoms with Crippen LogP contribution >= 0.6 is 27.3 Å². The highest BCUT2D eigenvalue weighted by molar-refractivity contribution is 9.10. The average molecular weight is 531 g/mol. The van der Waals surface area contributed by atoms with E-state index in [0.717, 1.165) is 0 Å². The van der Waals surface area contributed by atoms with Gasteiger partial charge in [-0.1, -0.05) is 29.5 Å². The maximum absolute atomic E-state index is 13.5. The van der Waals surface area contributed by atoms with Crippen LogP contribution in [0.3, 0.4) is 0 Å². The number of hydrogen-bond donors (Lipinski definition) is 0. The second-order valence-corrected chi connectivity index (χ2v) is 9.11. The van der Waals surface area contributed by atoms with Crippen LogP contribution in [-0.4, -0.2) is 24.3 Å². The first-order valence-electron chi connectivity index (χ1n) is 10.1. The molecule has 0 fully saturated rings. The van der Waals surface area contributed by atoms with Crippen LogP contribution in [0.4, 0.5) is 4.39 Å². The molecular weight excluding hydrogens is 511 g/mol. The topological polar surface area (TPSA) is 69.9 Å². The van der Waals surface area contributed by atoms with Crippen LogP contribution in [-0.2, 0) is 9.53 Å². The molecule has 0 aliphatic carbocycles. The van der Waals surface area contributed by atoms with Gasteiger partial charge in [0.05, 0.1) is 40.0 Å². The van der Waals surface area contributed by atoms with Crippen molar-refractivity contribution in [2.45, 2.75) is 19.9 Å². The molecule has 4 rings (SSSR count). The summed E-state index contributed by atoms with van der Waals surface area (Å²) in [5.74, 6) is -0.252. The van der Waals surface area contributed by atoms with Crippen molar-refractivity contribution in [3.8, 4) is 5.75 Å². The summed E-state index contributed by atoms with van der Waals surface area (Å²) < 4.78 is 26.5. The first-order chi connectivity index (χ1) is 15.8. The summed E-state index contributed by atoms with van der Waals surface area (Å²) in [6.07, 6.45) is 1.69. The van der Waals surface area contributed by atoms with Gasteiger partial charge in [-0.2, -0.15) is 0 Å². The van der Waals surface area contributed by atoms with E-state index in [4.69, 9.17) is 9.47 Å². The predicted octanol–water partition coefficient (Wildman–Crippen LogP) is 3.71. The molecule has 1 aliphatic heterocycles. The lowest BCUT2D eigenvalue weighted by Gasteiger charge is -2.25. The van der Waals surface area contributed by atoms with E-state index in [2.05, 4.69) is 20.9 Å². The molecule has 1 unspecified atom stereocenters. The summed E-state index contributed by atoms with van der Waals surface area (Å²) in [6, 6.07) is 10.5. The zero-order valence-corrected chi connectivity index (χ0v) is 20.5. The van der Waals surface area contributed by atoms with E-state index >= 15 is 0 Å². The van der Waals surface area contributed by atoms with Crippen molar-refractivity contribution >= 4 is 39.3 Å². The van der Waals surface area contributed by atoms with Crippen LogP contribution in [0, 0.1) is 5.82 Å². The normalized spacial score (nSPS) is 15.8. The first-order valence-corrected chi connectivity index (χ1v) is 11.7. The van der Waals surface area contributed by atoms with Crippen LogP contribution in [0.5, 0.6) is 5.75 Å². The maximum atomic E-state index is 13.5. The Balaban J connectivity index is 1.96. The monoisotopic (exact) mass is 530 g/mol. The lowest BCUT2D eigenvalue weighted by Crippen LogP contribution is -2.39. The number of methoxy groups -OCH3 is 1. The molecule has 0 spiro atoms. The summed E-state index contributed by atoms with van der Waals surface area (Å²) in [5.41, 5.74) is 1.88. The molecule has 0 saturated carbocycles. The van der Waals surface area contributed by atoms with Crippen molar-refractivity contribution in [2.24, 2.45) is 4.99 Å². The first kappa shape index (κ1) is 23.1. The van der Waals surface area contributed by atoms with Gasteiger partial charge in [0.2, 0.25) is 0 Å². The molecular formula is C24H20BrFN2O4S. The number of aromatic nitrogens is 1. The minimum absolute atomic E-state index is 0.198. The molecule has 33 heavy (non-hydrogen) atoms. The number of carbonyl (C=O) groups excluding carboxylic acids is 1. The van der Waals surface area contributed by atoms with Gasteiger partial charge in [0.1, 0.15) is 11.6 Å². The van der Waals surface area contributed by atoms with Crippen molar-refractivity contribution in [1.29, 1.82) is 0 Å². The molecule has 1 atom stereocenters. The quantitative estimate of drug-likeness (QED) is 0.471. The minimum Gasteiger partial charge on any atom is -0.496 e. The van der Waals surface area contributed by atoms with Gasteiger partial charge in [-0.15, -0.1) is 0 Å². The molecule has 1 aliphatic rings. The third-order valence-corrected chi connectivity index (χ3v) is 6.78. The molecule has 0 saturated heterocycles. The van der Waals surface area contributed by atoms with Gasteiger partial charge in [-0.3, -0.25) is 9.36 Å². The van der Waals surface area contributed by atoms with Gasteiger partial charge >= 0.3 is 5.97 Å². The van der Waals surface area contributed by atoms with Crippen molar-refractivity contribution in [2.75, 3.05) is 13.7 Å². The number of thiazole rings is 1. The fourth-order valence-corrected chi connectivity index (χ4v) is 5.27. The summed E-state index contributed by atoms with van der Waals surface area (Å²) >= 11 is 4.70. The minimum atomic E-state index is -0.724. The molecule has 170 valence electrons. The molecule has 2 heterocycles. The summed E-state index contributed by atoms with van der Waals surface area (Å²) in [7, 11) is 1.56. The van der Waals surface area contributed by atoms with Crippen LogP contribution in [0.1, 0.15) is 31.0 Å². The van der Waals surface area contributed by atoms with Crippen molar-refractivity contribution < 1.29 is 18.7 Å². The molecule has 1 aromatic heterocycles. The Hall–Kier alpha value is -3.04. The predicted molar refractivity (Wildman–Crippen MR) is 127 cm³/mol. The molecule has 0 N–H and O–H groups in total. The highest BCUT2D eigenvalue weighted by Gasteiger charge is 2.33. The van der Waals surface area contributed by atoms with E-state index in [9.17, 15) is 14.0 Å². The van der Waals surface area contributed by atoms with E-state index in [0.29, 0.717) is 42.0 Å². The number of esters is 1. The Kier molecular flexibility index (Phi) is 6.62. The Morgan fingerprint density at radius 2 is 2.00 bits per heavy atom. The standard InChI is InChI=1S/C24H20BrFN2O4S/c1-4-32-23(30)20-13(2)27-24-28(21(20)15-7-10-18(31-3)17(25)12-15)22(29)19(33-24)11-14-5-8-16(26)9-6-14/h5-12,21H,4H2,1-3H3. The second-order valence-electron chi connectivity index (χ2n) is 7.25. The van der Waals surface area contributed by atoms with Gasteiger partial charge < -0.3 is 9.47 Å². The number of hydrogen-bond acceptors (Lipinski definition) is 6. The smallest absolute Gasteiger partial charge is 0.338 e. The molecule has 6 nitrogen and oxygen atoms in total. The maximum Gasteiger partial charge on any atom is 0.338 e. The number of fused-ring (bicyclic) bond motifs is 1. The zero-order chi connectivity index (χ0) is 23.7. The fraction of sp³-hybridized carbons (Fsp3) is 0.208. The molecule has 3 aromatic rings. The van der Waals surface area contributed by atoms with Crippen LogP contribution in [0.15, 0.2) is 68.0 Å². The Labute approximate surface area is 201 Å². The van der Waals surface area contributed by atoms with Crippen LogP contribution in [0.25, 0.3) is 6.08 Å². The third kappa shape index (κ3) is 4.43.